The molecule has 0 unspecified atom stereocenters. The highest BCUT2D eigenvalue weighted by molar-refractivity contribution is 6.01. The average Bonchev–Trinajstić information content (AvgIpc) is 2.87. The Balaban J connectivity index is 1.77. The first-order valence-corrected chi connectivity index (χ1v) is 11.6. The maximum atomic E-state index is 13.5. The summed E-state index contributed by atoms with van der Waals surface area (Å²) in [5, 5.41) is 10.3. The summed E-state index contributed by atoms with van der Waals surface area (Å²) in [7, 11) is 1.29. The van der Waals surface area contributed by atoms with E-state index in [2.05, 4.69) is 4.98 Å². The second-order valence-electron chi connectivity index (χ2n) is 9.02. The van der Waals surface area contributed by atoms with Crippen LogP contribution in [0.4, 0.5) is 26.3 Å². The summed E-state index contributed by atoms with van der Waals surface area (Å²) in [6.45, 7) is 1.31. The van der Waals surface area contributed by atoms with Gasteiger partial charge in [-0.15, -0.1) is 0 Å². The number of para-hydroxylation sites is 1. The van der Waals surface area contributed by atoms with Crippen LogP contribution < -0.4 is 0 Å². The van der Waals surface area contributed by atoms with E-state index in [1.165, 1.54) is 19.3 Å². The topological polar surface area (TPSA) is 53.4 Å². The van der Waals surface area contributed by atoms with Gasteiger partial charge in [-0.2, -0.15) is 26.3 Å². The van der Waals surface area contributed by atoms with Crippen molar-refractivity contribution in [3.63, 3.8) is 0 Å². The first kappa shape index (κ1) is 27.7. The van der Waals surface area contributed by atoms with Crippen molar-refractivity contribution >= 4 is 5.91 Å². The van der Waals surface area contributed by atoms with Crippen molar-refractivity contribution in [2.75, 3.05) is 7.05 Å². The number of carbonyl (C=O) groups is 1. The van der Waals surface area contributed by atoms with Gasteiger partial charge in [0.25, 0.3) is 5.91 Å². The standard InChI is InChI=1S/C29H22F6N2O2/c1-17-7-3-4-8-21(17)23-14-25(22-9-5-6-10-26(22)38)36-15-24(23)27(39)37(2)16-18-11-19(28(30,31)32)13-20(12-18)29(33,34)35/h3-15,38H,16H2,1-2H3. The summed E-state index contributed by atoms with van der Waals surface area (Å²) in [6.07, 6.45) is -8.71. The molecule has 0 radical (unpaired) electrons. The quantitative estimate of drug-likeness (QED) is 0.262. The minimum Gasteiger partial charge on any atom is -0.507 e. The van der Waals surface area contributed by atoms with Gasteiger partial charge in [0.1, 0.15) is 5.75 Å². The van der Waals surface area contributed by atoms with Crippen LogP contribution in [0.3, 0.4) is 0 Å². The predicted molar refractivity (Wildman–Crippen MR) is 134 cm³/mol. The van der Waals surface area contributed by atoms with Gasteiger partial charge in [-0.1, -0.05) is 36.4 Å². The molecule has 4 nitrogen and oxygen atoms in total. The monoisotopic (exact) mass is 544 g/mol. The largest absolute Gasteiger partial charge is 0.507 e. The van der Waals surface area contributed by atoms with E-state index in [0.29, 0.717) is 34.5 Å². The number of pyridine rings is 1. The summed E-state index contributed by atoms with van der Waals surface area (Å²) in [5.41, 5.74) is -0.425. The minimum atomic E-state index is -5.00. The first-order chi connectivity index (χ1) is 18.3. The number of carbonyl (C=O) groups excluding carboxylic acids is 1. The molecule has 39 heavy (non-hydrogen) atoms. The molecule has 1 amide bonds. The van der Waals surface area contributed by atoms with E-state index >= 15 is 0 Å². The Kier molecular flexibility index (Phi) is 7.41. The fourth-order valence-corrected chi connectivity index (χ4v) is 4.22. The van der Waals surface area contributed by atoms with Crippen LogP contribution in [0.25, 0.3) is 22.4 Å². The summed E-state index contributed by atoms with van der Waals surface area (Å²) in [4.78, 5) is 18.9. The lowest BCUT2D eigenvalue weighted by Gasteiger charge is -2.22. The number of alkyl halides is 6. The lowest BCUT2D eigenvalue weighted by atomic mass is 9.94. The average molecular weight is 544 g/mol. The molecule has 0 bridgehead atoms. The molecule has 0 aliphatic rings. The molecule has 10 heteroatoms. The van der Waals surface area contributed by atoms with Gasteiger partial charge < -0.3 is 10.0 Å². The van der Waals surface area contributed by atoms with E-state index in [0.717, 1.165) is 10.5 Å². The van der Waals surface area contributed by atoms with E-state index in [9.17, 15) is 36.2 Å². The van der Waals surface area contributed by atoms with Gasteiger partial charge in [0, 0.05) is 25.4 Å². The van der Waals surface area contributed by atoms with Crippen molar-refractivity contribution in [1.82, 2.24) is 9.88 Å². The van der Waals surface area contributed by atoms with Crippen LogP contribution >= 0.6 is 0 Å². The van der Waals surface area contributed by atoms with E-state index < -0.39 is 35.9 Å². The van der Waals surface area contributed by atoms with Crippen molar-refractivity contribution in [3.8, 4) is 28.1 Å². The summed E-state index contributed by atoms with van der Waals surface area (Å²) in [6, 6.07) is 16.5. The zero-order valence-electron chi connectivity index (χ0n) is 20.7. The molecule has 202 valence electrons. The number of hydrogen-bond acceptors (Lipinski definition) is 3. The van der Waals surface area contributed by atoms with Crippen LogP contribution in [0.5, 0.6) is 5.75 Å². The molecule has 0 spiro atoms. The number of aromatic hydroxyl groups is 1. The molecule has 1 heterocycles. The summed E-state index contributed by atoms with van der Waals surface area (Å²) < 4.78 is 79.8. The second kappa shape index (κ2) is 10.4. The first-order valence-electron chi connectivity index (χ1n) is 11.6. The van der Waals surface area contributed by atoms with Crippen molar-refractivity contribution in [1.29, 1.82) is 0 Å². The lowest BCUT2D eigenvalue weighted by molar-refractivity contribution is -0.143. The third kappa shape index (κ3) is 6.05. The molecule has 1 N–H and O–H groups in total. The number of aromatic nitrogens is 1. The van der Waals surface area contributed by atoms with Crippen LogP contribution in [-0.2, 0) is 18.9 Å². The number of benzene rings is 3. The van der Waals surface area contributed by atoms with Crippen molar-refractivity contribution < 1.29 is 36.2 Å². The number of amides is 1. The Morgan fingerprint density at radius 2 is 1.38 bits per heavy atom. The number of rotatable bonds is 5. The second-order valence-corrected chi connectivity index (χ2v) is 9.02. The van der Waals surface area contributed by atoms with Gasteiger partial charge in [0.05, 0.1) is 22.4 Å². The Morgan fingerprint density at radius 1 is 0.821 bits per heavy atom. The molecule has 0 atom stereocenters. The zero-order chi connectivity index (χ0) is 28.5. The molecular weight excluding hydrogens is 522 g/mol. The smallest absolute Gasteiger partial charge is 0.416 e. The Labute approximate surface area is 220 Å². The Bertz CT molecular complexity index is 1500. The lowest BCUT2D eigenvalue weighted by Crippen LogP contribution is -2.27. The molecule has 3 aromatic carbocycles. The van der Waals surface area contributed by atoms with Gasteiger partial charge in [0.15, 0.2) is 0 Å². The highest BCUT2D eigenvalue weighted by Gasteiger charge is 2.37. The van der Waals surface area contributed by atoms with Crippen LogP contribution in [-0.4, -0.2) is 27.9 Å². The Morgan fingerprint density at radius 3 is 1.95 bits per heavy atom. The van der Waals surface area contributed by atoms with Gasteiger partial charge in [-0.05, 0) is 65.6 Å². The van der Waals surface area contributed by atoms with Gasteiger partial charge in [-0.25, -0.2) is 0 Å². The van der Waals surface area contributed by atoms with E-state index in [1.54, 1.807) is 36.4 Å². The number of hydrogen-bond donors (Lipinski definition) is 1. The fourth-order valence-electron chi connectivity index (χ4n) is 4.22. The number of nitrogens with zero attached hydrogens (tertiary/aromatic N) is 2. The molecule has 4 rings (SSSR count). The molecule has 0 aliphatic carbocycles. The molecular formula is C29H22F6N2O2. The fraction of sp³-hybridized carbons (Fsp3) is 0.172. The van der Waals surface area contributed by atoms with Gasteiger partial charge in [-0.3, -0.25) is 9.78 Å². The summed E-state index contributed by atoms with van der Waals surface area (Å²) >= 11 is 0. The van der Waals surface area contributed by atoms with Gasteiger partial charge in [0.2, 0.25) is 0 Å². The molecule has 1 aromatic heterocycles. The zero-order valence-corrected chi connectivity index (χ0v) is 20.7. The maximum absolute atomic E-state index is 13.5. The Hall–Kier alpha value is -4.34. The van der Waals surface area contributed by atoms with E-state index in [4.69, 9.17) is 0 Å². The molecule has 0 fully saturated rings. The molecule has 0 saturated carbocycles. The maximum Gasteiger partial charge on any atom is 0.416 e. The third-order valence-electron chi connectivity index (χ3n) is 6.16. The molecule has 0 saturated heterocycles. The normalized spacial score (nSPS) is 11.9. The highest BCUT2D eigenvalue weighted by Crippen LogP contribution is 2.37. The highest BCUT2D eigenvalue weighted by atomic mass is 19.4. The van der Waals surface area contributed by atoms with Crippen molar-refractivity contribution in [2.24, 2.45) is 0 Å². The van der Waals surface area contributed by atoms with Crippen LogP contribution in [0.1, 0.15) is 32.6 Å². The van der Waals surface area contributed by atoms with Crippen molar-refractivity contribution in [3.05, 3.63) is 107 Å². The number of phenols is 1. The van der Waals surface area contributed by atoms with Crippen LogP contribution in [0, 0.1) is 6.92 Å². The summed E-state index contributed by atoms with van der Waals surface area (Å²) in [5.74, 6) is -0.683. The SMILES string of the molecule is Cc1ccccc1-c1cc(-c2ccccc2O)ncc1C(=O)N(C)Cc1cc(C(F)(F)F)cc(C(F)(F)F)c1. The van der Waals surface area contributed by atoms with Crippen LogP contribution in [0.15, 0.2) is 79.0 Å². The third-order valence-corrected chi connectivity index (χ3v) is 6.16. The number of halogens is 6. The van der Waals surface area contributed by atoms with Crippen molar-refractivity contribution in [2.45, 2.75) is 25.8 Å². The molecule has 0 aliphatic heterocycles. The van der Waals surface area contributed by atoms with Gasteiger partial charge >= 0.3 is 12.4 Å². The van der Waals surface area contributed by atoms with E-state index in [-0.39, 0.29) is 22.9 Å². The minimum absolute atomic E-state index is 0.0260. The van der Waals surface area contributed by atoms with Crippen LogP contribution in [0.2, 0.25) is 0 Å². The van der Waals surface area contributed by atoms with E-state index in [1.807, 2.05) is 19.1 Å². The number of aryl methyl sites for hydroxylation is 1. The predicted octanol–water partition coefficient (Wildman–Crippen LogP) is 7.74. The number of phenolic OH excluding ortho intramolecular Hbond substituents is 1. The molecule has 4 aromatic rings.